The van der Waals surface area contributed by atoms with Crippen LogP contribution >= 0.6 is 0 Å². The molecule has 1 saturated heterocycles. The minimum Gasteiger partial charge on any atom is -0.496 e. The molecule has 1 aliphatic rings. The minimum atomic E-state index is -0.241. The molecule has 0 bridgehead atoms. The fraction of sp³-hybridized carbons (Fsp3) is 0.524. The number of methoxy groups -OCH3 is 1. The number of allylic oxidation sites excluding steroid dienone is 1. The Morgan fingerprint density at radius 1 is 1.11 bits per heavy atom. The molecular weight excluding hydrogens is 344 g/mol. The van der Waals surface area contributed by atoms with Crippen LogP contribution in [0.3, 0.4) is 0 Å². The van der Waals surface area contributed by atoms with Gasteiger partial charge >= 0.3 is 0 Å². The van der Waals surface area contributed by atoms with Crippen molar-refractivity contribution < 1.29 is 19.1 Å². The molecule has 1 aliphatic heterocycles. The molecule has 0 atom stereocenters. The van der Waals surface area contributed by atoms with Gasteiger partial charge in [-0.2, -0.15) is 0 Å². The number of carbonyl (C=O) groups is 2. The third-order valence-electron chi connectivity index (χ3n) is 4.68. The summed E-state index contributed by atoms with van der Waals surface area (Å²) in [6, 6.07) is 3.51. The topological polar surface area (TPSA) is 59.1 Å². The van der Waals surface area contributed by atoms with E-state index in [1.54, 1.807) is 24.1 Å². The van der Waals surface area contributed by atoms with E-state index in [2.05, 4.69) is 11.8 Å². The van der Waals surface area contributed by atoms with Gasteiger partial charge in [0.2, 0.25) is 5.91 Å². The van der Waals surface area contributed by atoms with Crippen LogP contribution in [0, 0.1) is 0 Å². The molecule has 6 heteroatoms. The zero-order chi connectivity index (χ0) is 19.8. The van der Waals surface area contributed by atoms with Crippen molar-refractivity contribution >= 4 is 11.7 Å². The summed E-state index contributed by atoms with van der Waals surface area (Å²) in [5, 5.41) is 0. The summed E-state index contributed by atoms with van der Waals surface area (Å²) < 4.78 is 11.2. The molecule has 0 spiro atoms. The Bertz CT molecular complexity index is 692. The molecular formula is C21H30N2O4. The maximum atomic E-state index is 12.7. The highest BCUT2D eigenvalue weighted by Crippen LogP contribution is 2.34. The van der Waals surface area contributed by atoms with E-state index in [1.807, 2.05) is 14.0 Å². The molecule has 0 radical (unpaired) electrons. The van der Waals surface area contributed by atoms with Gasteiger partial charge in [0.1, 0.15) is 11.5 Å². The molecule has 1 aromatic carbocycles. The zero-order valence-corrected chi connectivity index (χ0v) is 16.8. The predicted molar refractivity (Wildman–Crippen MR) is 106 cm³/mol. The number of piperazine rings is 1. The van der Waals surface area contributed by atoms with Crippen LogP contribution in [-0.2, 0) is 11.2 Å². The first-order chi connectivity index (χ1) is 13.0. The van der Waals surface area contributed by atoms with Crippen molar-refractivity contribution in [3.63, 3.8) is 0 Å². The molecule has 0 aliphatic carbocycles. The lowest BCUT2D eigenvalue weighted by Gasteiger charge is -2.31. The van der Waals surface area contributed by atoms with Crippen LogP contribution in [-0.4, -0.2) is 68.4 Å². The first-order valence-electron chi connectivity index (χ1n) is 9.54. The molecule has 2 rings (SSSR count). The molecule has 1 heterocycles. The van der Waals surface area contributed by atoms with Crippen molar-refractivity contribution in [1.82, 2.24) is 9.80 Å². The van der Waals surface area contributed by atoms with E-state index in [4.69, 9.17) is 9.47 Å². The Morgan fingerprint density at radius 2 is 1.81 bits per heavy atom. The molecule has 1 aromatic rings. The van der Waals surface area contributed by atoms with Gasteiger partial charge in [-0.1, -0.05) is 13.3 Å². The van der Waals surface area contributed by atoms with E-state index < -0.39 is 0 Å². The first-order valence-corrected chi connectivity index (χ1v) is 9.54. The van der Waals surface area contributed by atoms with Gasteiger partial charge in [-0.3, -0.25) is 9.59 Å². The van der Waals surface area contributed by atoms with Gasteiger partial charge in [0.05, 0.1) is 19.3 Å². The molecule has 1 fully saturated rings. The highest BCUT2D eigenvalue weighted by atomic mass is 16.5. The van der Waals surface area contributed by atoms with Crippen molar-refractivity contribution in [2.75, 3.05) is 46.9 Å². The maximum Gasteiger partial charge on any atom is 0.246 e. The summed E-state index contributed by atoms with van der Waals surface area (Å²) in [7, 11) is 3.59. The Labute approximate surface area is 161 Å². The van der Waals surface area contributed by atoms with E-state index in [0.29, 0.717) is 31.0 Å². The maximum absolute atomic E-state index is 12.7. The van der Waals surface area contributed by atoms with Crippen molar-refractivity contribution in [3.8, 4) is 11.5 Å². The second kappa shape index (κ2) is 10.1. The van der Waals surface area contributed by atoms with E-state index in [1.165, 1.54) is 12.2 Å². The Balaban J connectivity index is 2.19. The normalized spacial score (nSPS) is 15.2. The van der Waals surface area contributed by atoms with Gasteiger partial charge in [-0.05, 0) is 38.6 Å². The number of amides is 1. The van der Waals surface area contributed by atoms with E-state index in [9.17, 15) is 9.59 Å². The lowest BCUT2D eigenvalue weighted by atomic mass is 10.0. The number of ether oxygens (including phenoxy) is 2. The van der Waals surface area contributed by atoms with Gasteiger partial charge in [-0.25, -0.2) is 0 Å². The molecule has 148 valence electrons. The van der Waals surface area contributed by atoms with Gasteiger partial charge in [0, 0.05) is 37.8 Å². The summed E-state index contributed by atoms with van der Waals surface area (Å²) in [4.78, 5) is 29.0. The Morgan fingerprint density at radius 3 is 2.41 bits per heavy atom. The van der Waals surface area contributed by atoms with Crippen LogP contribution in [0.4, 0.5) is 0 Å². The molecule has 1 amide bonds. The van der Waals surface area contributed by atoms with Crippen molar-refractivity contribution in [3.05, 3.63) is 35.4 Å². The molecule has 0 aromatic heterocycles. The van der Waals surface area contributed by atoms with Gasteiger partial charge in [-0.15, -0.1) is 0 Å². The molecule has 6 nitrogen and oxygen atoms in total. The zero-order valence-electron chi connectivity index (χ0n) is 16.8. The van der Waals surface area contributed by atoms with Gasteiger partial charge < -0.3 is 19.3 Å². The Hall–Kier alpha value is -2.34. The summed E-state index contributed by atoms with van der Waals surface area (Å²) in [6.07, 6.45) is 4.37. The first kappa shape index (κ1) is 21.0. The number of rotatable bonds is 8. The summed E-state index contributed by atoms with van der Waals surface area (Å²) in [5.74, 6) is 0.902. The second-order valence-electron chi connectivity index (χ2n) is 6.63. The highest BCUT2D eigenvalue weighted by Gasteiger charge is 2.20. The lowest BCUT2D eigenvalue weighted by Crippen LogP contribution is -2.46. The average Bonchev–Trinajstić information content (AvgIpc) is 2.67. The lowest BCUT2D eigenvalue weighted by molar-refractivity contribution is -0.127. The monoisotopic (exact) mass is 374 g/mol. The molecule has 0 saturated carbocycles. The standard InChI is InChI=1S/C21H30N2O4/c1-5-7-17-19(27-6-2)10-8-16(21(17)26-4)18(24)9-11-20(25)23-14-12-22(3)13-15-23/h8-11H,5-7,12-15H2,1-4H3. The third kappa shape index (κ3) is 5.32. The van der Waals surface area contributed by atoms with Crippen LogP contribution in [0.1, 0.15) is 36.2 Å². The number of benzene rings is 1. The van der Waals surface area contributed by atoms with Crippen LogP contribution in [0.5, 0.6) is 11.5 Å². The SMILES string of the molecule is CCCc1c(OCC)ccc(C(=O)C=CC(=O)N2CCN(C)CC2)c1OC. The minimum absolute atomic E-state index is 0.130. The number of hydrogen-bond acceptors (Lipinski definition) is 5. The summed E-state index contributed by atoms with van der Waals surface area (Å²) in [5.41, 5.74) is 1.35. The Kier molecular flexibility index (Phi) is 7.85. The number of ketones is 1. The van der Waals surface area contributed by atoms with Crippen LogP contribution in [0.15, 0.2) is 24.3 Å². The van der Waals surface area contributed by atoms with E-state index >= 15 is 0 Å². The van der Waals surface area contributed by atoms with Crippen LogP contribution in [0.25, 0.3) is 0 Å². The van der Waals surface area contributed by atoms with E-state index in [0.717, 1.165) is 37.2 Å². The molecule has 27 heavy (non-hydrogen) atoms. The van der Waals surface area contributed by atoms with Crippen molar-refractivity contribution in [1.29, 1.82) is 0 Å². The fourth-order valence-electron chi connectivity index (χ4n) is 3.18. The number of carbonyl (C=O) groups excluding carboxylic acids is 2. The van der Waals surface area contributed by atoms with Crippen LogP contribution < -0.4 is 9.47 Å². The van der Waals surface area contributed by atoms with Crippen LogP contribution in [0.2, 0.25) is 0 Å². The number of likely N-dealkylation sites (N-methyl/N-ethyl adjacent to an activating group) is 1. The quantitative estimate of drug-likeness (QED) is 0.517. The molecule has 0 N–H and O–H groups in total. The number of nitrogens with zero attached hydrogens (tertiary/aromatic N) is 2. The fourth-order valence-corrected chi connectivity index (χ4v) is 3.18. The summed E-state index contributed by atoms with van der Waals surface area (Å²) in [6.45, 7) is 7.60. The van der Waals surface area contributed by atoms with Gasteiger partial charge in [0.15, 0.2) is 5.78 Å². The van der Waals surface area contributed by atoms with E-state index in [-0.39, 0.29) is 11.7 Å². The summed E-state index contributed by atoms with van der Waals surface area (Å²) >= 11 is 0. The van der Waals surface area contributed by atoms with Crippen molar-refractivity contribution in [2.45, 2.75) is 26.7 Å². The van der Waals surface area contributed by atoms with Gasteiger partial charge in [0.25, 0.3) is 0 Å². The average molecular weight is 374 g/mol. The highest BCUT2D eigenvalue weighted by molar-refractivity contribution is 6.09. The van der Waals surface area contributed by atoms with Crippen molar-refractivity contribution in [2.24, 2.45) is 0 Å². The predicted octanol–water partition coefficient (Wildman–Crippen LogP) is 2.56. The smallest absolute Gasteiger partial charge is 0.246 e. The number of hydrogen-bond donors (Lipinski definition) is 0. The largest absolute Gasteiger partial charge is 0.496 e. The third-order valence-corrected chi connectivity index (χ3v) is 4.68. The molecule has 0 unspecified atom stereocenters. The second-order valence-corrected chi connectivity index (χ2v) is 6.63.